The summed E-state index contributed by atoms with van der Waals surface area (Å²) in [4.78, 5) is 5.51. The third-order valence-corrected chi connectivity index (χ3v) is 14.7. The highest BCUT2D eigenvalue weighted by atomic mass is 15.3. The highest BCUT2D eigenvalue weighted by Crippen LogP contribution is 2.62. The van der Waals surface area contributed by atoms with Crippen LogP contribution in [0, 0.1) is 6.92 Å². The van der Waals surface area contributed by atoms with Gasteiger partial charge >= 0.3 is 0 Å². The van der Waals surface area contributed by atoms with Crippen molar-refractivity contribution in [2.24, 2.45) is 0 Å². The largest absolute Gasteiger partial charge is 0.335 e. The molecule has 0 bridgehead atoms. The second kappa shape index (κ2) is 10.3. The summed E-state index contributed by atoms with van der Waals surface area (Å²) < 4.78 is 0. The van der Waals surface area contributed by atoms with Gasteiger partial charge in [0.05, 0.1) is 5.54 Å². The van der Waals surface area contributed by atoms with Crippen molar-refractivity contribution < 1.29 is 0 Å². The summed E-state index contributed by atoms with van der Waals surface area (Å²) >= 11 is 0. The van der Waals surface area contributed by atoms with Gasteiger partial charge in [0.2, 0.25) is 0 Å². The van der Waals surface area contributed by atoms with Crippen molar-refractivity contribution in [3.8, 4) is 11.1 Å². The van der Waals surface area contributed by atoms with E-state index in [2.05, 4.69) is 171 Å². The minimum Gasteiger partial charge on any atom is -0.335 e. The smallest absolute Gasteiger partial charge is 0.252 e. The molecule has 2 unspecified atom stereocenters. The second-order valence-corrected chi connectivity index (χ2v) is 20.3. The lowest BCUT2D eigenvalue weighted by Gasteiger charge is -2.53. The van der Waals surface area contributed by atoms with Gasteiger partial charge in [-0.3, -0.25) is 0 Å². The van der Waals surface area contributed by atoms with Crippen LogP contribution in [0.3, 0.4) is 0 Å². The molecule has 5 aromatic rings. The molecule has 2 aliphatic carbocycles. The Labute approximate surface area is 318 Å². The first-order chi connectivity index (χ1) is 24.9. The van der Waals surface area contributed by atoms with Crippen LogP contribution in [0.25, 0.3) is 11.1 Å². The molecule has 10 rings (SSSR count). The van der Waals surface area contributed by atoms with Crippen molar-refractivity contribution in [3.63, 3.8) is 0 Å². The Morgan fingerprint density at radius 2 is 1.28 bits per heavy atom. The SMILES string of the molecule is Cc1cc2c3c(c1)N1c4c(cc(C(C)(C)C)cc4C4(C)CCCCC14C)B3c1cc3c(cc1N2c1ccc(C(C)(C)C)cc1)-c1ccccc1C3(C)C. The molecule has 3 heteroatoms. The monoisotopic (exact) mass is 694 g/mol. The summed E-state index contributed by atoms with van der Waals surface area (Å²) in [7, 11) is 0. The number of anilines is 5. The zero-order valence-electron chi connectivity index (χ0n) is 33.9. The maximum Gasteiger partial charge on any atom is 0.252 e. The fraction of sp³-hybridized carbons (Fsp3) is 0.400. The van der Waals surface area contributed by atoms with E-state index in [0.717, 1.165) is 0 Å². The summed E-state index contributed by atoms with van der Waals surface area (Å²) in [6, 6.07) is 34.2. The van der Waals surface area contributed by atoms with Crippen LogP contribution in [0.4, 0.5) is 28.4 Å². The van der Waals surface area contributed by atoms with E-state index in [9.17, 15) is 0 Å². The van der Waals surface area contributed by atoms with Gasteiger partial charge < -0.3 is 9.80 Å². The van der Waals surface area contributed by atoms with Gasteiger partial charge in [0.15, 0.2) is 0 Å². The molecule has 0 N–H and O–H groups in total. The van der Waals surface area contributed by atoms with Crippen LogP contribution in [0.15, 0.2) is 84.9 Å². The van der Waals surface area contributed by atoms with Crippen molar-refractivity contribution in [2.75, 3.05) is 9.80 Å². The Balaban J connectivity index is 1.34. The first kappa shape index (κ1) is 33.3. The molecule has 2 nitrogen and oxygen atoms in total. The van der Waals surface area contributed by atoms with Crippen LogP contribution >= 0.6 is 0 Å². The molecule has 3 heterocycles. The lowest BCUT2D eigenvalue weighted by atomic mass is 9.33. The summed E-state index contributed by atoms with van der Waals surface area (Å²) in [6.45, 7) is 26.7. The predicted molar refractivity (Wildman–Crippen MR) is 228 cm³/mol. The molecule has 53 heavy (non-hydrogen) atoms. The number of fused-ring (bicyclic) bond motifs is 10. The first-order valence-corrected chi connectivity index (χ1v) is 20.3. The van der Waals surface area contributed by atoms with Crippen molar-refractivity contribution in [3.05, 3.63) is 118 Å². The molecule has 268 valence electrons. The van der Waals surface area contributed by atoms with Crippen LogP contribution < -0.4 is 26.2 Å². The predicted octanol–water partition coefficient (Wildman–Crippen LogP) is 11.3. The second-order valence-electron chi connectivity index (χ2n) is 20.3. The Bertz CT molecular complexity index is 2400. The van der Waals surface area contributed by atoms with Gasteiger partial charge in [-0.2, -0.15) is 0 Å². The van der Waals surface area contributed by atoms with Crippen molar-refractivity contribution >= 4 is 51.5 Å². The standard InChI is InChI=1S/C50H55BN2/c1-30-24-42-44-43(25-30)53-45-38(49(10)22-14-15-23-50(49,53)11)26-32(47(5,6)7)27-40(45)51(44)39-29-37-35(34-16-12-13-17-36(34)48(37,8)9)28-41(39)52(42)33-20-18-31(19-21-33)46(2,3)4/h12-13,16-21,24-29H,14-15,22-23H2,1-11H3. The molecular formula is C50H55BN2. The Morgan fingerprint density at radius 3 is 2.00 bits per heavy atom. The van der Waals surface area contributed by atoms with E-state index in [4.69, 9.17) is 0 Å². The van der Waals surface area contributed by atoms with Crippen molar-refractivity contribution in [1.82, 2.24) is 0 Å². The number of rotatable bonds is 1. The highest BCUT2D eigenvalue weighted by molar-refractivity contribution is 7.00. The van der Waals surface area contributed by atoms with Gasteiger partial charge in [-0.15, -0.1) is 0 Å². The van der Waals surface area contributed by atoms with E-state index >= 15 is 0 Å². The van der Waals surface area contributed by atoms with E-state index in [1.165, 1.54) is 109 Å². The maximum atomic E-state index is 2.88. The molecule has 2 atom stereocenters. The third kappa shape index (κ3) is 4.18. The van der Waals surface area contributed by atoms with Gasteiger partial charge in [-0.05, 0) is 129 Å². The van der Waals surface area contributed by atoms with Gasteiger partial charge in [0.1, 0.15) is 0 Å². The molecule has 0 saturated heterocycles. The molecule has 5 aromatic carbocycles. The summed E-state index contributed by atoms with van der Waals surface area (Å²) in [6.07, 6.45) is 5.03. The average molecular weight is 695 g/mol. The van der Waals surface area contributed by atoms with E-state index in [0.29, 0.717) is 0 Å². The summed E-state index contributed by atoms with van der Waals surface area (Å²) in [5, 5.41) is 0. The number of hydrogen-bond acceptors (Lipinski definition) is 2. The van der Waals surface area contributed by atoms with Crippen LogP contribution in [-0.4, -0.2) is 12.3 Å². The molecule has 0 spiro atoms. The molecule has 0 aromatic heterocycles. The van der Waals surface area contributed by atoms with Gasteiger partial charge in [-0.1, -0.05) is 130 Å². The molecule has 0 radical (unpaired) electrons. The van der Waals surface area contributed by atoms with E-state index < -0.39 is 0 Å². The maximum absolute atomic E-state index is 2.88. The molecular weight excluding hydrogens is 639 g/mol. The Morgan fingerprint density at radius 1 is 0.604 bits per heavy atom. The van der Waals surface area contributed by atoms with Gasteiger partial charge in [0, 0.05) is 39.3 Å². The van der Waals surface area contributed by atoms with Crippen LogP contribution in [0.5, 0.6) is 0 Å². The minimum atomic E-state index is -0.0810. The number of nitrogens with zero attached hydrogens (tertiary/aromatic N) is 2. The minimum absolute atomic E-state index is 0.00636. The van der Waals surface area contributed by atoms with Gasteiger partial charge in [0.25, 0.3) is 6.71 Å². The molecule has 5 aliphatic rings. The lowest BCUT2D eigenvalue weighted by molar-refractivity contribution is 0.195. The molecule has 0 amide bonds. The fourth-order valence-corrected chi connectivity index (χ4v) is 11.5. The first-order valence-electron chi connectivity index (χ1n) is 20.3. The quantitative estimate of drug-likeness (QED) is 0.158. The van der Waals surface area contributed by atoms with Crippen molar-refractivity contribution in [1.29, 1.82) is 0 Å². The normalized spacial score (nSPS) is 22.9. The summed E-state index contributed by atoms with van der Waals surface area (Å²) in [5.41, 5.74) is 22.8. The third-order valence-electron chi connectivity index (χ3n) is 14.7. The Kier molecular flexibility index (Phi) is 6.47. The molecule has 1 saturated carbocycles. The lowest BCUT2D eigenvalue weighted by Crippen LogP contribution is -2.64. The van der Waals surface area contributed by atoms with E-state index in [-0.39, 0.29) is 33.9 Å². The van der Waals surface area contributed by atoms with E-state index in [1.807, 2.05) is 0 Å². The molecule has 1 fully saturated rings. The van der Waals surface area contributed by atoms with Crippen molar-refractivity contribution in [2.45, 2.75) is 129 Å². The van der Waals surface area contributed by atoms with Crippen LogP contribution in [-0.2, 0) is 21.7 Å². The zero-order chi connectivity index (χ0) is 37.2. The van der Waals surface area contributed by atoms with E-state index in [1.54, 1.807) is 5.56 Å². The summed E-state index contributed by atoms with van der Waals surface area (Å²) in [5.74, 6) is 0. The van der Waals surface area contributed by atoms with Gasteiger partial charge in [-0.25, -0.2) is 0 Å². The van der Waals surface area contributed by atoms with Crippen LogP contribution in [0.1, 0.15) is 128 Å². The number of benzene rings is 5. The number of hydrogen-bond donors (Lipinski definition) is 0. The van der Waals surface area contributed by atoms with Crippen LogP contribution in [0.2, 0.25) is 0 Å². The highest BCUT2D eigenvalue weighted by Gasteiger charge is 2.61. The Hall–Kier alpha value is -4.24. The average Bonchev–Trinajstić information content (AvgIpc) is 3.45. The zero-order valence-corrected chi connectivity index (χ0v) is 33.9. The fourth-order valence-electron chi connectivity index (χ4n) is 11.5. The topological polar surface area (TPSA) is 6.48 Å². The number of aryl methyl sites for hydroxylation is 1. The molecule has 3 aliphatic heterocycles.